The van der Waals surface area contributed by atoms with E-state index in [-0.39, 0.29) is 0 Å². The van der Waals surface area contributed by atoms with Gasteiger partial charge in [0.15, 0.2) is 0 Å². The Labute approximate surface area is 101 Å². The minimum absolute atomic E-state index is 0.649. The van der Waals surface area contributed by atoms with Gasteiger partial charge in [0.25, 0.3) is 0 Å². The molecule has 0 atom stereocenters. The molecule has 16 heavy (non-hydrogen) atoms. The maximum Gasteiger partial charge on any atom is 0.309 e. The number of carboxylic acid groups (broad SMARTS) is 1. The lowest BCUT2D eigenvalue weighted by molar-refractivity contribution is -0.147. The minimum atomic E-state index is -0.733. The van der Waals surface area contributed by atoms with Crippen LogP contribution in [0.5, 0.6) is 0 Å². The van der Waals surface area contributed by atoms with Crippen LogP contribution in [-0.4, -0.2) is 24.7 Å². The van der Waals surface area contributed by atoms with Crippen LogP contribution in [0.25, 0.3) is 0 Å². The number of hydrogen-bond donors (Lipinski definition) is 1. The van der Waals surface area contributed by atoms with E-state index < -0.39 is 11.4 Å². The van der Waals surface area contributed by atoms with E-state index >= 15 is 0 Å². The van der Waals surface area contributed by atoms with E-state index in [1.807, 2.05) is 7.05 Å². The van der Waals surface area contributed by atoms with Gasteiger partial charge in [0.1, 0.15) is 0 Å². The molecule has 3 nitrogen and oxygen atoms in total. The van der Waals surface area contributed by atoms with Crippen molar-refractivity contribution in [3.8, 4) is 0 Å². The maximum atomic E-state index is 11.0. The average Bonchev–Trinajstić information content (AvgIpc) is 2.61. The second-order valence-corrected chi connectivity index (χ2v) is 5.66. The summed E-state index contributed by atoms with van der Waals surface area (Å²) in [6.07, 6.45) is 0.649. The molecule has 1 rings (SSSR count). The highest BCUT2D eigenvalue weighted by atomic mass is 32.1. The fraction of sp³-hybridized carbons (Fsp3) is 0.583. The van der Waals surface area contributed by atoms with Gasteiger partial charge in [-0.15, -0.1) is 11.3 Å². The van der Waals surface area contributed by atoms with Gasteiger partial charge in [-0.25, -0.2) is 0 Å². The van der Waals surface area contributed by atoms with E-state index in [1.54, 1.807) is 25.2 Å². The van der Waals surface area contributed by atoms with Crippen LogP contribution in [0.2, 0.25) is 0 Å². The van der Waals surface area contributed by atoms with Gasteiger partial charge < -0.3 is 10.0 Å². The lowest BCUT2D eigenvalue weighted by Gasteiger charge is -2.24. The van der Waals surface area contributed by atoms with E-state index in [9.17, 15) is 4.79 Å². The highest BCUT2D eigenvalue weighted by molar-refractivity contribution is 7.14. The third-order valence-corrected chi connectivity index (χ3v) is 3.96. The summed E-state index contributed by atoms with van der Waals surface area (Å²) in [4.78, 5) is 13.1. The Bertz CT molecular complexity index is 371. The van der Waals surface area contributed by atoms with Crippen LogP contribution in [0.15, 0.2) is 11.4 Å². The van der Waals surface area contributed by atoms with Crippen molar-refractivity contribution in [1.82, 2.24) is 0 Å². The Morgan fingerprint density at radius 3 is 2.62 bits per heavy atom. The third kappa shape index (κ3) is 2.98. The first kappa shape index (κ1) is 13.0. The van der Waals surface area contributed by atoms with Crippen molar-refractivity contribution in [3.63, 3.8) is 0 Å². The van der Waals surface area contributed by atoms with E-state index in [4.69, 9.17) is 5.11 Å². The van der Waals surface area contributed by atoms with Crippen LogP contribution in [0.3, 0.4) is 0 Å². The molecule has 1 aromatic rings. The summed E-state index contributed by atoms with van der Waals surface area (Å²) in [5.74, 6) is -0.733. The Hall–Kier alpha value is -1.03. The predicted molar refractivity (Wildman–Crippen MR) is 68.4 cm³/mol. The Kier molecular flexibility index (Phi) is 3.97. The first-order valence-electron chi connectivity index (χ1n) is 5.33. The Morgan fingerprint density at radius 1 is 1.56 bits per heavy atom. The summed E-state index contributed by atoms with van der Waals surface area (Å²) in [6.45, 7) is 6.38. The highest BCUT2D eigenvalue weighted by Crippen LogP contribution is 2.28. The molecule has 0 bridgehead atoms. The standard InChI is InChI=1S/C12H19NO2S/c1-9-5-8-16-10(9)13(4)7-6-12(2,3)11(14)15/h5,8H,6-7H2,1-4H3,(H,14,15). The molecule has 0 aliphatic heterocycles. The zero-order chi connectivity index (χ0) is 12.3. The van der Waals surface area contributed by atoms with Crippen LogP contribution in [0.1, 0.15) is 25.8 Å². The quantitative estimate of drug-likeness (QED) is 0.861. The number of carboxylic acids is 1. The normalized spacial score (nSPS) is 11.5. The summed E-state index contributed by atoms with van der Waals surface area (Å²) < 4.78 is 0. The molecule has 0 amide bonds. The van der Waals surface area contributed by atoms with Crippen molar-refractivity contribution in [2.45, 2.75) is 27.2 Å². The summed E-state index contributed by atoms with van der Waals surface area (Å²) >= 11 is 1.70. The van der Waals surface area contributed by atoms with Gasteiger partial charge in [0.05, 0.1) is 10.4 Å². The first-order chi connectivity index (χ1) is 7.34. The lowest BCUT2D eigenvalue weighted by atomic mass is 9.89. The van der Waals surface area contributed by atoms with Crippen LogP contribution in [-0.2, 0) is 4.79 Å². The molecule has 1 N–H and O–H groups in total. The number of aryl methyl sites for hydroxylation is 1. The van der Waals surface area contributed by atoms with Crippen molar-refractivity contribution in [2.24, 2.45) is 5.41 Å². The van der Waals surface area contributed by atoms with Gasteiger partial charge in [-0.05, 0) is 44.2 Å². The molecule has 0 radical (unpaired) electrons. The van der Waals surface area contributed by atoms with Gasteiger partial charge in [0, 0.05) is 13.6 Å². The molecule has 0 aromatic carbocycles. The van der Waals surface area contributed by atoms with Crippen molar-refractivity contribution in [1.29, 1.82) is 0 Å². The monoisotopic (exact) mass is 241 g/mol. The van der Waals surface area contributed by atoms with Crippen LogP contribution >= 0.6 is 11.3 Å². The molecular weight excluding hydrogens is 222 g/mol. The molecule has 90 valence electrons. The SMILES string of the molecule is Cc1ccsc1N(C)CCC(C)(C)C(=O)O. The molecule has 1 heterocycles. The van der Waals surface area contributed by atoms with E-state index in [0.717, 1.165) is 6.54 Å². The lowest BCUT2D eigenvalue weighted by Crippen LogP contribution is -2.30. The minimum Gasteiger partial charge on any atom is -0.481 e. The van der Waals surface area contributed by atoms with E-state index in [0.29, 0.717) is 6.42 Å². The van der Waals surface area contributed by atoms with E-state index in [1.165, 1.54) is 10.6 Å². The molecule has 4 heteroatoms. The molecule has 1 aromatic heterocycles. The summed E-state index contributed by atoms with van der Waals surface area (Å²) in [7, 11) is 2.01. The van der Waals surface area contributed by atoms with Gasteiger partial charge in [-0.2, -0.15) is 0 Å². The van der Waals surface area contributed by atoms with Crippen molar-refractivity contribution in [3.05, 3.63) is 17.0 Å². The van der Waals surface area contributed by atoms with Crippen LogP contribution in [0.4, 0.5) is 5.00 Å². The molecule has 0 fully saturated rings. The van der Waals surface area contributed by atoms with Gasteiger partial charge in [0.2, 0.25) is 0 Å². The number of nitrogens with zero attached hydrogens (tertiary/aromatic N) is 1. The average molecular weight is 241 g/mol. The smallest absolute Gasteiger partial charge is 0.309 e. The maximum absolute atomic E-state index is 11.0. The summed E-state index contributed by atoms with van der Waals surface area (Å²) in [6, 6.07) is 2.08. The second kappa shape index (κ2) is 4.87. The van der Waals surface area contributed by atoms with Crippen LogP contribution < -0.4 is 4.90 Å². The highest BCUT2D eigenvalue weighted by Gasteiger charge is 2.27. The molecule has 0 saturated carbocycles. The third-order valence-electron chi connectivity index (χ3n) is 2.83. The molecule has 0 saturated heterocycles. The van der Waals surface area contributed by atoms with Gasteiger partial charge in [-0.1, -0.05) is 0 Å². The summed E-state index contributed by atoms with van der Waals surface area (Å²) in [5, 5.41) is 12.3. The molecule has 0 aliphatic rings. The number of carbonyl (C=O) groups is 1. The van der Waals surface area contributed by atoms with Crippen LogP contribution in [0, 0.1) is 12.3 Å². The largest absolute Gasteiger partial charge is 0.481 e. The Balaban J connectivity index is 2.57. The molecular formula is C12H19NO2S. The zero-order valence-electron chi connectivity index (χ0n) is 10.3. The fourth-order valence-electron chi connectivity index (χ4n) is 1.41. The Morgan fingerprint density at radius 2 is 2.19 bits per heavy atom. The second-order valence-electron chi connectivity index (χ2n) is 4.77. The number of aliphatic carboxylic acids is 1. The molecule has 0 unspecified atom stereocenters. The summed E-state index contributed by atoms with van der Waals surface area (Å²) in [5.41, 5.74) is 0.597. The van der Waals surface area contributed by atoms with Gasteiger partial charge >= 0.3 is 5.97 Å². The molecule has 0 aliphatic carbocycles. The van der Waals surface area contributed by atoms with Crippen molar-refractivity contribution in [2.75, 3.05) is 18.5 Å². The number of rotatable bonds is 5. The molecule has 0 spiro atoms. The zero-order valence-corrected chi connectivity index (χ0v) is 11.1. The topological polar surface area (TPSA) is 40.5 Å². The number of anilines is 1. The number of thiophene rings is 1. The fourth-order valence-corrected chi connectivity index (χ4v) is 2.34. The van der Waals surface area contributed by atoms with Crippen molar-refractivity contribution < 1.29 is 9.90 Å². The van der Waals surface area contributed by atoms with E-state index in [2.05, 4.69) is 23.3 Å². The number of hydrogen-bond acceptors (Lipinski definition) is 3. The van der Waals surface area contributed by atoms with Gasteiger partial charge in [-0.3, -0.25) is 4.79 Å². The van der Waals surface area contributed by atoms with Crippen molar-refractivity contribution >= 4 is 22.3 Å². The predicted octanol–water partition coefficient (Wildman–Crippen LogP) is 2.99. The first-order valence-corrected chi connectivity index (χ1v) is 6.21.